The first kappa shape index (κ1) is 22.5. The minimum Gasteiger partial charge on any atom is -0.494 e. The summed E-state index contributed by atoms with van der Waals surface area (Å²) in [5, 5.41) is 3.39. The molecule has 0 amide bonds. The van der Waals surface area contributed by atoms with Crippen LogP contribution in [0.4, 0.5) is 27.9 Å². The maximum absolute atomic E-state index is 14.7. The molecule has 2 fully saturated rings. The van der Waals surface area contributed by atoms with Gasteiger partial charge in [0.1, 0.15) is 0 Å². The number of benzene rings is 1. The molecule has 4 rings (SSSR count). The van der Waals surface area contributed by atoms with Crippen molar-refractivity contribution in [3.63, 3.8) is 0 Å². The van der Waals surface area contributed by atoms with Gasteiger partial charge in [-0.3, -0.25) is 0 Å². The molecule has 0 spiro atoms. The molecule has 8 nitrogen and oxygen atoms in total. The Bertz CT molecular complexity index is 898. The molecule has 1 aromatic carbocycles. The van der Waals surface area contributed by atoms with Gasteiger partial charge in [0, 0.05) is 30.9 Å². The Morgan fingerprint density at radius 2 is 1.66 bits per heavy atom. The number of nitrogens with two attached hydrogens (primary N) is 1. The Kier molecular flexibility index (Phi) is 7.24. The van der Waals surface area contributed by atoms with Gasteiger partial charge in [0.25, 0.3) is 0 Å². The SMILES string of the molecule is COc1ccc(N(c2nc(N)nc(N(C)C3CCNCC3)n2)C2CCCCCC2)cc1F. The molecule has 1 saturated heterocycles. The fourth-order valence-corrected chi connectivity index (χ4v) is 4.80. The predicted octanol–water partition coefficient (Wildman–Crippen LogP) is 3.65. The summed E-state index contributed by atoms with van der Waals surface area (Å²) in [6, 6.07) is 5.53. The van der Waals surface area contributed by atoms with Gasteiger partial charge < -0.3 is 25.6 Å². The van der Waals surface area contributed by atoms with E-state index in [1.807, 2.05) is 18.0 Å². The minimum absolute atomic E-state index is 0.170. The molecular weight excluding hydrogens is 409 g/mol. The van der Waals surface area contributed by atoms with Crippen molar-refractivity contribution >= 4 is 23.5 Å². The fourth-order valence-electron chi connectivity index (χ4n) is 4.80. The standard InChI is InChI=1S/C23H34FN7O/c1-30(16-11-13-26-14-12-16)22-27-21(25)28-23(29-22)31(17-7-5-3-4-6-8-17)18-9-10-20(32-2)19(24)15-18/h9-10,15-17,26H,3-8,11-14H2,1-2H3,(H2,25,27,28,29). The van der Waals surface area contributed by atoms with E-state index in [-0.39, 0.29) is 17.7 Å². The minimum atomic E-state index is -0.405. The number of ether oxygens (including phenoxy) is 1. The molecule has 0 unspecified atom stereocenters. The Balaban J connectivity index is 1.73. The molecule has 3 N–H and O–H groups in total. The van der Waals surface area contributed by atoms with E-state index in [9.17, 15) is 4.39 Å². The summed E-state index contributed by atoms with van der Waals surface area (Å²) in [6.07, 6.45) is 8.72. The van der Waals surface area contributed by atoms with Crippen LogP contribution in [0.1, 0.15) is 51.4 Å². The van der Waals surface area contributed by atoms with Gasteiger partial charge in [0.2, 0.25) is 17.8 Å². The van der Waals surface area contributed by atoms with Crippen molar-refractivity contribution in [3.05, 3.63) is 24.0 Å². The third-order valence-electron chi connectivity index (χ3n) is 6.62. The van der Waals surface area contributed by atoms with E-state index in [1.165, 1.54) is 26.0 Å². The van der Waals surface area contributed by atoms with Gasteiger partial charge >= 0.3 is 0 Å². The van der Waals surface area contributed by atoms with E-state index >= 15 is 0 Å². The maximum atomic E-state index is 14.7. The topological polar surface area (TPSA) is 92.4 Å². The summed E-state index contributed by atoms with van der Waals surface area (Å²) < 4.78 is 19.8. The second-order valence-electron chi connectivity index (χ2n) is 8.72. The van der Waals surface area contributed by atoms with Crippen LogP contribution in [0.15, 0.2) is 18.2 Å². The number of methoxy groups -OCH3 is 1. The Morgan fingerprint density at radius 1 is 0.969 bits per heavy atom. The molecule has 0 radical (unpaired) electrons. The summed E-state index contributed by atoms with van der Waals surface area (Å²) in [6.45, 7) is 1.95. The smallest absolute Gasteiger partial charge is 0.236 e. The first-order chi connectivity index (χ1) is 15.6. The molecule has 1 saturated carbocycles. The van der Waals surface area contributed by atoms with Crippen LogP contribution in [0.3, 0.4) is 0 Å². The van der Waals surface area contributed by atoms with Gasteiger partial charge in [0.05, 0.1) is 7.11 Å². The summed E-state index contributed by atoms with van der Waals surface area (Å²) in [4.78, 5) is 17.9. The second-order valence-corrected chi connectivity index (χ2v) is 8.72. The van der Waals surface area contributed by atoms with Crippen molar-refractivity contribution in [2.45, 2.75) is 63.5 Å². The molecule has 2 aliphatic rings. The summed E-state index contributed by atoms with van der Waals surface area (Å²) in [7, 11) is 3.48. The number of nitrogen functional groups attached to an aromatic ring is 1. The quantitative estimate of drug-likeness (QED) is 0.654. The van der Waals surface area contributed by atoms with Gasteiger partial charge in [-0.1, -0.05) is 25.7 Å². The number of piperidine rings is 1. The first-order valence-electron chi connectivity index (χ1n) is 11.6. The van der Waals surface area contributed by atoms with Crippen LogP contribution in [0.5, 0.6) is 5.75 Å². The molecular formula is C23H34FN7O. The predicted molar refractivity (Wildman–Crippen MR) is 125 cm³/mol. The number of rotatable bonds is 6. The van der Waals surface area contributed by atoms with Crippen LogP contribution < -0.4 is 25.6 Å². The van der Waals surface area contributed by atoms with Crippen LogP contribution in [-0.4, -0.2) is 54.3 Å². The lowest BCUT2D eigenvalue weighted by molar-refractivity contribution is 0.386. The zero-order valence-electron chi connectivity index (χ0n) is 19.1. The number of aromatic nitrogens is 3. The van der Waals surface area contributed by atoms with E-state index in [1.54, 1.807) is 6.07 Å². The van der Waals surface area contributed by atoms with Crippen LogP contribution >= 0.6 is 0 Å². The van der Waals surface area contributed by atoms with Crippen molar-refractivity contribution in [2.24, 2.45) is 0 Å². The van der Waals surface area contributed by atoms with Crippen LogP contribution in [-0.2, 0) is 0 Å². The fraction of sp³-hybridized carbons (Fsp3) is 0.609. The molecule has 1 aromatic heterocycles. The monoisotopic (exact) mass is 443 g/mol. The number of anilines is 4. The van der Waals surface area contributed by atoms with Gasteiger partial charge in [-0.25, -0.2) is 4.39 Å². The third kappa shape index (κ3) is 5.03. The highest BCUT2D eigenvalue weighted by Gasteiger charge is 2.28. The number of nitrogens with zero attached hydrogens (tertiary/aromatic N) is 5. The molecule has 2 aromatic rings. The van der Waals surface area contributed by atoms with Gasteiger partial charge in [-0.05, 0) is 50.9 Å². The Morgan fingerprint density at radius 3 is 2.31 bits per heavy atom. The number of hydrogen-bond donors (Lipinski definition) is 2. The van der Waals surface area contributed by atoms with Crippen LogP contribution in [0.2, 0.25) is 0 Å². The van der Waals surface area contributed by atoms with E-state index < -0.39 is 5.82 Å². The Hall–Kier alpha value is -2.68. The highest BCUT2D eigenvalue weighted by molar-refractivity contribution is 5.61. The maximum Gasteiger partial charge on any atom is 0.236 e. The highest BCUT2D eigenvalue weighted by Crippen LogP contribution is 2.35. The normalized spacial score (nSPS) is 18.2. The number of halogens is 1. The van der Waals surface area contributed by atoms with Crippen molar-refractivity contribution in [3.8, 4) is 5.75 Å². The summed E-state index contributed by atoms with van der Waals surface area (Å²) >= 11 is 0. The molecule has 0 atom stereocenters. The van der Waals surface area contributed by atoms with Crippen LogP contribution in [0.25, 0.3) is 0 Å². The lowest BCUT2D eigenvalue weighted by Crippen LogP contribution is -2.42. The molecule has 2 heterocycles. The van der Waals surface area contributed by atoms with Crippen molar-refractivity contribution in [2.75, 3.05) is 42.8 Å². The molecule has 174 valence electrons. The number of hydrogen-bond acceptors (Lipinski definition) is 8. The highest BCUT2D eigenvalue weighted by atomic mass is 19.1. The lowest BCUT2D eigenvalue weighted by Gasteiger charge is -2.34. The van der Waals surface area contributed by atoms with Gasteiger partial charge in [0.15, 0.2) is 11.6 Å². The van der Waals surface area contributed by atoms with Gasteiger partial charge in [-0.2, -0.15) is 15.0 Å². The van der Waals surface area contributed by atoms with E-state index in [0.29, 0.717) is 23.6 Å². The molecule has 1 aliphatic carbocycles. The Labute approximate surface area is 189 Å². The van der Waals surface area contributed by atoms with Crippen molar-refractivity contribution in [1.82, 2.24) is 20.3 Å². The van der Waals surface area contributed by atoms with E-state index in [4.69, 9.17) is 15.5 Å². The average molecular weight is 444 g/mol. The second kappa shape index (κ2) is 10.3. The summed E-state index contributed by atoms with van der Waals surface area (Å²) in [5.41, 5.74) is 6.86. The zero-order valence-corrected chi connectivity index (χ0v) is 19.1. The van der Waals surface area contributed by atoms with E-state index in [2.05, 4.69) is 20.2 Å². The summed E-state index contributed by atoms with van der Waals surface area (Å²) in [5.74, 6) is 1.03. The first-order valence-corrected chi connectivity index (χ1v) is 11.6. The third-order valence-corrected chi connectivity index (χ3v) is 6.62. The van der Waals surface area contributed by atoms with Crippen LogP contribution in [0, 0.1) is 5.82 Å². The van der Waals surface area contributed by atoms with Crippen molar-refractivity contribution < 1.29 is 9.13 Å². The average Bonchev–Trinajstić information content (AvgIpc) is 3.08. The largest absolute Gasteiger partial charge is 0.494 e. The molecule has 32 heavy (non-hydrogen) atoms. The van der Waals surface area contributed by atoms with Gasteiger partial charge in [-0.15, -0.1) is 0 Å². The molecule has 9 heteroatoms. The zero-order chi connectivity index (χ0) is 22.5. The lowest BCUT2D eigenvalue weighted by atomic mass is 10.1. The van der Waals surface area contributed by atoms with E-state index in [0.717, 1.165) is 51.6 Å². The molecule has 0 bridgehead atoms. The molecule has 1 aliphatic heterocycles. The van der Waals surface area contributed by atoms with Crippen molar-refractivity contribution in [1.29, 1.82) is 0 Å². The number of nitrogens with one attached hydrogen (secondary N) is 1.